The molecule has 4 rings (SSSR count). The molecule has 4 nitrogen and oxygen atoms in total. The van der Waals surface area contributed by atoms with Crippen LogP contribution in [-0.2, 0) is 12.0 Å². The van der Waals surface area contributed by atoms with Crippen LogP contribution < -0.4 is 15.4 Å². The third-order valence-electron chi connectivity index (χ3n) is 5.41. The Bertz CT molecular complexity index is 1240. The van der Waals surface area contributed by atoms with Gasteiger partial charge in [-0.15, -0.1) is 11.3 Å². The summed E-state index contributed by atoms with van der Waals surface area (Å²) in [4.78, 5) is 13.8. The predicted molar refractivity (Wildman–Crippen MR) is 135 cm³/mol. The second-order valence-corrected chi connectivity index (χ2v) is 9.85. The standard InChI is InChI=1S/C27H28N2O2S/c1-27(2,3)20-13-14-23(31-4)22(16-20)29-26(30)24-15-19-11-8-12-21(25(19)32-24)28-17-18-9-6-5-7-10-18/h5-16,28H,17H2,1-4H3,(H,29,30). The molecule has 1 amide bonds. The molecule has 4 aromatic rings. The molecule has 0 bridgehead atoms. The Balaban J connectivity index is 1.58. The van der Waals surface area contributed by atoms with Gasteiger partial charge < -0.3 is 15.4 Å². The first-order valence-electron chi connectivity index (χ1n) is 10.7. The largest absolute Gasteiger partial charge is 0.495 e. The summed E-state index contributed by atoms with van der Waals surface area (Å²) in [6.07, 6.45) is 0. The first-order chi connectivity index (χ1) is 15.3. The van der Waals surface area contributed by atoms with Gasteiger partial charge in [0.1, 0.15) is 5.75 Å². The molecule has 32 heavy (non-hydrogen) atoms. The average molecular weight is 445 g/mol. The zero-order valence-corrected chi connectivity index (χ0v) is 19.7. The van der Waals surface area contributed by atoms with E-state index in [2.05, 4.69) is 49.6 Å². The Labute approximate surface area is 193 Å². The average Bonchev–Trinajstić information content (AvgIpc) is 3.23. The zero-order valence-electron chi connectivity index (χ0n) is 18.9. The monoisotopic (exact) mass is 444 g/mol. The molecule has 1 aromatic heterocycles. The molecule has 0 saturated carbocycles. The van der Waals surface area contributed by atoms with E-state index in [1.807, 2.05) is 54.6 Å². The van der Waals surface area contributed by atoms with Crippen molar-refractivity contribution in [3.05, 3.63) is 88.8 Å². The van der Waals surface area contributed by atoms with Crippen molar-refractivity contribution in [2.24, 2.45) is 0 Å². The van der Waals surface area contributed by atoms with Gasteiger partial charge >= 0.3 is 0 Å². The van der Waals surface area contributed by atoms with Crippen LogP contribution in [0.5, 0.6) is 5.75 Å². The Morgan fingerprint density at radius 2 is 1.72 bits per heavy atom. The minimum atomic E-state index is -0.135. The summed E-state index contributed by atoms with van der Waals surface area (Å²) < 4.78 is 6.55. The Morgan fingerprint density at radius 3 is 2.44 bits per heavy atom. The second kappa shape index (κ2) is 9.05. The van der Waals surface area contributed by atoms with E-state index in [-0.39, 0.29) is 11.3 Å². The lowest BCUT2D eigenvalue weighted by atomic mass is 9.87. The smallest absolute Gasteiger partial charge is 0.265 e. The summed E-state index contributed by atoms with van der Waals surface area (Å²) in [6, 6.07) is 24.3. The lowest BCUT2D eigenvalue weighted by molar-refractivity contribution is 0.103. The fraction of sp³-hybridized carbons (Fsp3) is 0.222. The molecular weight excluding hydrogens is 416 g/mol. The molecule has 164 valence electrons. The number of thiophene rings is 1. The summed E-state index contributed by atoms with van der Waals surface area (Å²) in [5.41, 5.74) is 4.04. The van der Waals surface area contributed by atoms with Gasteiger partial charge in [0.25, 0.3) is 5.91 Å². The summed E-state index contributed by atoms with van der Waals surface area (Å²) in [6.45, 7) is 7.18. The van der Waals surface area contributed by atoms with E-state index in [4.69, 9.17) is 4.74 Å². The van der Waals surface area contributed by atoms with Crippen LogP contribution in [0.2, 0.25) is 0 Å². The third kappa shape index (κ3) is 4.78. The van der Waals surface area contributed by atoms with Gasteiger partial charge in [-0.2, -0.15) is 0 Å². The van der Waals surface area contributed by atoms with Crippen molar-refractivity contribution in [3.8, 4) is 5.75 Å². The predicted octanol–water partition coefficient (Wildman–Crippen LogP) is 7.07. The highest BCUT2D eigenvalue weighted by molar-refractivity contribution is 7.21. The Morgan fingerprint density at radius 1 is 0.938 bits per heavy atom. The van der Waals surface area contributed by atoms with E-state index < -0.39 is 0 Å². The summed E-state index contributed by atoms with van der Waals surface area (Å²) in [7, 11) is 1.62. The number of nitrogens with one attached hydrogen (secondary N) is 2. The van der Waals surface area contributed by atoms with Gasteiger partial charge in [0.05, 0.1) is 28.1 Å². The maximum atomic E-state index is 13.1. The molecule has 1 heterocycles. The number of hydrogen-bond acceptors (Lipinski definition) is 4. The van der Waals surface area contributed by atoms with Crippen molar-refractivity contribution in [2.45, 2.75) is 32.7 Å². The molecule has 0 aliphatic heterocycles. The van der Waals surface area contributed by atoms with E-state index in [0.29, 0.717) is 16.3 Å². The van der Waals surface area contributed by atoms with Crippen LogP contribution in [0.4, 0.5) is 11.4 Å². The van der Waals surface area contributed by atoms with Crippen LogP contribution in [0.15, 0.2) is 72.8 Å². The highest BCUT2D eigenvalue weighted by Crippen LogP contribution is 2.35. The fourth-order valence-corrected chi connectivity index (χ4v) is 4.61. The molecule has 0 aliphatic carbocycles. The number of fused-ring (bicyclic) bond motifs is 1. The second-order valence-electron chi connectivity index (χ2n) is 8.79. The van der Waals surface area contributed by atoms with E-state index in [1.165, 1.54) is 16.9 Å². The van der Waals surface area contributed by atoms with Gasteiger partial charge in [-0.3, -0.25) is 4.79 Å². The van der Waals surface area contributed by atoms with Crippen molar-refractivity contribution in [2.75, 3.05) is 17.7 Å². The van der Waals surface area contributed by atoms with Crippen LogP contribution >= 0.6 is 11.3 Å². The minimum absolute atomic E-state index is 0.0251. The number of ether oxygens (including phenoxy) is 1. The maximum absolute atomic E-state index is 13.1. The molecular formula is C27H28N2O2S. The molecule has 0 spiro atoms. The van der Waals surface area contributed by atoms with Crippen LogP contribution in [0.25, 0.3) is 10.1 Å². The topological polar surface area (TPSA) is 50.4 Å². The third-order valence-corrected chi connectivity index (χ3v) is 6.59. The lowest BCUT2D eigenvalue weighted by Crippen LogP contribution is -2.14. The fourth-order valence-electron chi connectivity index (χ4n) is 3.56. The first kappa shape index (κ1) is 21.9. The van der Waals surface area contributed by atoms with Crippen LogP contribution in [0, 0.1) is 0 Å². The van der Waals surface area contributed by atoms with E-state index >= 15 is 0 Å². The van der Waals surface area contributed by atoms with E-state index in [1.54, 1.807) is 7.11 Å². The zero-order chi connectivity index (χ0) is 22.7. The molecule has 2 N–H and O–H groups in total. The molecule has 0 saturated heterocycles. The van der Waals surface area contributed by atoms with Crippen molar-refractivity contribution in [3.63, 3.8) is 0 Å². The maximum Gasteiger partial charge on any atom is 0.265 e. The molecule has 0 aliphatic rings. The van der Waals surface area contributed by atoms with Gasteiger partial charge in [0.15, 0.2) is 0 Å². The summed E-state index contributed by atoms with van der Waals surface area (Å²) in [5.74, 6) is 0.516. The lowest BCUT2D eigenvalue weighted by Gasteiger charge is -2.21. The number of rotatable bonds is 6. The molecule has 0 fully saturated rings. The molecule has 0 radical (unpaired) electrons. The molecule has 5 heteroatoms. The van der Waals surface area contributed by atoms with Crippen LogP contribution in [0.1, 0.15) is 41.6 Å². The summed E-state index contributed by atoms with van der Waals surface area (Å²) >= 11 is 1.49. The number of amides is 1. The normalized spacial score (nSPS) is 11.4. The summed E-state index contributed by atoms with van der Waals surface area (Å²) in [5, 5.41) is 7.61. The highest BCUT2D eigenvalue weighted by Gasteiger charge is 2.19. The van der Waals surface area contributed by atoms with Gasteiger partial charge in [-0.25, -0.2) is 0 Å². The van der Waals surface area contributed by atoms with Gasteiger partial charge in [-0.05, 0) is 46.2 Å². The number of benzene rings is 3. The number of hydrogen-bond donors (Lipinski definition) is 2. The Hall–Kier alpha value is -3.31. The Kier molecular flexibility index (Phi) is 6.19. The first-order valence-corrected chi connectivity index (χ1v) is 11.5. The molecule has 0 unspecified atom stereocenters. The van der Waals surface area contributed by atoms with Gasteiger partial charge in [0.2, 0.25) is 0 Å². The van der Waals surface area contributed by atoms with Crippen LogP contribution in [0.3, 0.4) is 0 Å². The molecule has 0 atom stereocenters. The van der Waals surface area contributed by atoms with Crippen molar-refractivity contribution in [1.82, 2.24) is 0 Å². The number of anilines is 2. The molecule has 3 aromatic carbocycles. The van der Waals surface area contributed by atoms with E-state index in [0.717, 1.165) is 27.9 Å². The van der Waals surface area contributed by atoms with Gasteiger partial charge in [0, 0.05) is 6.54 Å². The van der Waals surface area contributed by atoms with Crippen molar-refractivity contribution < 1.29 is 9.53 Å². The van der Waals surface area contributed by atoms with Crippen molar-refractivity contribution in [1.29, 1.82) is 0 Å². The number of carbonyl (C=O) groups is 1. The highest BCUT2D eigenvalue weighted by atomic mass is 32.1. The quantitative estimate of drug-likeness (QED) is 0.334. The minimum Gasteiger partial charge on any atom is -0.495 e. The number of carbonyl (C=O) groups excluding carboxylic acids is 1. The SMILES string of the molecule is COc1ccc(C(C)(C)C)cc1NC(=O)c1cc2cccc(NCc3ccccc3)c2s1. The number of methoxy groups -OCH3 is 1. The van der Waals surface area contributed by atoms with Gasteiger partial charge in [-0.1, -0.05) is 69.3 Å². The van der Waals surface area contributed by atoms with Crippen molar-refractivity contribution >= 4 is 38.7 Å². The van der Waals surface area contributed by atoms with E-state index in [9.17, 15) is 4.79 Å². The van der Waals surface area contributed by atoms with Crippen LogP contribution in [-0.4, -0.2) is 13.0 Å².